The van der Waals surface area contributed by atoms with Crippen molar-refractivity contribution in [3.8, 4) is 5.75 Å². The van der Waals surface area contributed by atoms with Gasteiger partial charge >= 0.3 is 5.97 Å². The molecule has 0 aliphatic carbocycles. The quantitative estimate of drug-likeness (QED) is 0.676. The summed E-state index contributed by atoms with van der Waals surface area (Å²) >= 11 is 0. The van der Waals surface area contributed by atoms with E-state index in [9.17, 15) is 14.7 Å². The van der Waals surface area contributed by atoms with Gasteiger partial charge in [-0.05, 0) is 28.0 Å². The number of aliphatic carboxylic acids is 1. The van der Waals surface area contributed by atoms with Crippen LogP contribution in [0.15, 0.2) is 66.7 Å². The van der Waals surface area contributed by atoms with Gasteiger partial charge in [0.15, 0.2) is 0 Å². The number of methoxy groups -OCH3 is 1. The predicted molar refractivity (Wildman–Crippen MR) is 104 cm³/mol. The normalized spacial score (nSPS) is 11.7. The Kier molecular flexibility index (Phi) is 5.71. The number of carbonyl (C=O) groups is 2. The van der Waals surface area contributed by atoms with Gasteiger partial charge in [-0.1, -0.05) is 60.7 Å². The molecule has 0 aliphatic rings. The van der Waals surface area contributed by atoms with E-state index in [4.69, 9.17) is 4.74 Å². The minimum absolute atomic E-state index is 0.126. The maximum atomic E-state index is 12.4. The Bertz CT molecular complexity index is 967. The lowest BCUT2D eigenvalue weighted by Gasteiger charge is -2.16. The van der Waals surface area contributed by atoms with Crippen molar-refractivity contribution >= 4 is 22.6 Å². The van der Waals surface area contributed by atoms with Crippen LogP contribution in [0.25, 0.3) is 10.8 Å². The number of rotatable bonds is 7. The van der Waals surface area contributed by atoms with Crippen molar-refractivity contribution in [1.82, 2.24) is 5.32 Å². The molecule has 5 nitrogen and oxygen atoms in total. The second-order valence-corrected chi connectivity index (χ2v) is 6.33. The van der Waals surface area contributed by atoms with Crippen LogP contribution in [-0.4, -0.2) is 30.1 Å². The molecule has 0 spiro atoms. The lowest BCUT2D eigenvalue weighted by Crippen LogP contribution is -2.43. The predicted octanol–water partition coefficient (Wildman–Crippen LogP) is 3.20. The number of carbonyl (C=O) groups excluding carboxylic acids is 1. The molecule has 3 aromatic carbocycles. The number of hydrogen-bond donors (Lipinski definition) is 2. The molecule has 2 N–H and O–H groups in total. The van der Waals surface area contributed by atoms with E-state index in [0.717, 1.165) is 21.9 Å². The van der Waals surface area contributed by atoms with E-state index in [0.29, 0.717) is 5.75 Å². The van der Waals surface area contributed by atoms with Crippen LogP contribution in [0.4, 0.5) is 0 Å². The highest BCUT2D eigenvalue weighted by molar-refractivity contribution is 5.87. The Hall–Kier alpha value is -3.34. The Labute approximate surface area is 157 Å². The van der Waals surface area contributed by atoms with Crippen LogP contribution in [0.5, 0.6) is 5.75 Å². The van der Waals surface area contributed by atoms with Gasteiger partial charge in [-0.25, -0.2) is 4.79 Å². The van der Waals surface area contributed by atoms with Crippen LogP contribution in [0.3, 0.4) is 0 Å². The highest BCUT2D eigenvalue weighted by Crippen LogP contribution is 2.19. The van der Waals surface area contributed by atoms with Crippen molar-refractivity contribution in [2.75, 3.05) is 7.11 Å². The Morgan fingerprint density at radius 1 is 1.00 bits per heavy atom. The first kappa shape index (κ1) is 18.5. The van der Waals surface area contributed by atoms with E-state index in [-0.39, 0.29) is 18.7 Å². The number of carboxylic acid groups (broad SMARTS) is 1. The molecule has 0 aromatic heterocycles. The van der Waals surface area contributed by atoms with Crippen molar-refractivity contribution in [2.45, 2.75) is 18.9 Å². The number of para-hydroxylation sites is 1. The molecule has 27 heavy (non-hydrogen) atoms. The number of ether oxygens (including phenoxy) is 1. The number of hydrogen-bond acceptors (Lipinski definition) is 3. The Morgan fingerprint density at radius 2 is 1.70 bits per heavy atom. The van der Waals surface area contributed by atoms with Gasteiger partial charge in [0.1, 0.15) is 11.8 Å². The fourth-order valence-corrected chi connectivity index (χ4v) is 3.07. The second-order valence-electron chi connectivity index (χ2n) is 6.33. The van der Waals surface area contributed by atoms with Crippen LogP contribution < -0.4 is 10.1 Å². The summed E-state index contributed by atoms with van der Waals surface area (Å²) in [4.78, 5) is 24.0. The van der Waals surface area contributed by atoms with Crippen LogP contribution >= 0.6 is 0 Å². The maximum absolute atomic E-state index is 12.4. The summed E-state index contributed by atoms with van der Waals surface area (Å²) in [7, 11) is 1.53. The van der Waals surface area contributed by atoms with Gasteiger partial charge in [-0.2, -0.15) is 0 Å². The molecule has 0 fully saturated rings. The van der Waals surface area contributed by atoms with E-state index < -0.39 is 12.0 Å². The van der Waals surface area contributed by atoms with Gasteiger partial charge in [-0.3, -0.25) is 4.79 Å². The van der Waals surface area contributed by atoms with E-state index in [1.54, 1.807) is 12.1 Å². The van der Waals surface area contributed by atoms with Crippen LogP contribution in [0.1, 0.15) is 11.1 Å². The van der Waals surface area contributed by atoms with Crippen molar-refractivity contribution in [3.05, 3.63) is 77.9 Å². The molecule has 5 heteroatoms. The summed E-state index contributed by atoms with van der Waals surface area (Å²) in [6, 6.07) is 19.9. The summed E-state index contributed by atoms with van der Waals surface area (Å²) in [5.41, 5.74) is 1.58. The second kappa shape index (κ2) is 8.36. The largest absolute Gasteiger partial charge is 0.496 e. The number of nitrogens with one attached hydrogen (secondary N) is 1. The van der Waals surface area contributed by atoms with E-state index in [1.165, 1.54) is 7.11 Å². The van der Waals surface area contributed by atoms with E-state index in [1.807, 2.05) is 54.6 Å². The number of fused-ring (bicyclic) bond motifs is 1. The number of amides is 1. The van der Waals surface area contributed by atoms with Gasteiger partial charge in [0.05, 0.1) is 13.5 Å². The third-order valence-corrected chi connectivity index (χ3v) is 4.43. The highest BCUT2D eigenvalue weighted by Gasteiger charge is 2.22. The Morgan fingerprint density at radius 3 is 2.44 bits per heavy atom. The molecular formula is C22H21NO4. The average Bonchev–Trinajstić information content (AvgIpc) is 2.67. The lowest BCUT2D eigenvalue weighted by atomic mass is 10.0. The molecule has 0 aliphatic heterocycles. The first-order valence-electron chi connectivity index (χ1n) is 8.68. The number of carboxylic acids is 1. The van der Waals surface area contributed by atoms with Gasteiger partial charge in [0.25, 0.3) is 0 Å². The first-order valence-corrected chi connectivity index (χ1v) is 8.68. The monoisotopic (exact) mass is 363 g/mol. The summed E-state index contributed by atoms with van der Waals surface area (Å²) in [6.45, 7) is 0. The third kappa shape index (κ3) is 4.64. The number of benzene rings is 3. The fourth-order valence-electron chi connectivity index (χ4n) is 3.07. The molecule has 0 unspecified atom stereocenters. The third-order valence-electron chi connectivity index (χ3n) is 4.43. The average molecular weight is 363 g/mol. The van der Waals surface area contributed by atoms with Crippen molar-refractivity contribution in [2.24, 2.45) is 0 Å². The molecule has 3 rings (SSSR count). The van der Waals surface area contributed by atoms with Gasteiger partial charge in [0.2, 0.25) is 5.91 Å². The first-order chi connectivity index (χ1) is 13.1. The van der Waals surface area contributed by atoms with Gasteiger partial charge in [0, 0.05) is 6.42 Å². The minimum Gasteiger partial charge on any atom is -0.496 e. The summed E-state index contributed by atoms with van der Waals surface area (Å²) < 4.78 is 5.26. The van der Waals surface area contributed by atoms with Crippen LogP contribution in [0.2, 0.25) is 0 Å². The molecule has 0 heterocycles. The standard InChI is InChI=1S/C22H21NO4/c1-27-20-9-5-4-8-18(20)14-19(22(25)26)23-21(24)13-15-10-11-16-6-2-3-7-17(16)12-15/h2-12,19H,13-14H2,1H3,(H,23,24)(H,25,26)/t19-/m0/s1. The van der Waals surface area contributed by atoms with E-state index in [2.05, 4.69) is 5.32 Å². The van der Waals surface area contributed by atoms with Crippen molar-refractivity contribution in [1.29, 1.82) is 0 Å². The smallest absolute Gasteiger partial charge is 0.326 e. The maximum Gasteiger partial charge on any atom is 0.326 e. The summed E-state index contributed by atoms with van der Waals surface area (Å²) in [5.74, 6) is -0.798. The zero-order valence-electron chi connectivity index (χ0n) is 15.0. The SMILES string of the molecule is COc1ccccc1C[C@H](NC(=O)Cc1ccc2ccccc2c1)C(=O)O. The molecule has 1 atom stereocenters. The van der Waals surface area contributed by atoms with Crippen molar-refractivity contribution in [3.63, 3.8) is 0 Å². The van der Waals surface area contributed by atoms with Gasteiger partial charge in [-0.15, -0.1) is 0 Å². The summed E-state index contributed by atoms with van der Waals surface area (Å²) in [5, 5.41) is 14.3. The Balaban J connectivity index is 1.70. The van der Waals surface area contributed by atoms with E-state index >= 15 is 0 Å². The van der Waals surface area contributed by atoms with Crippen LogP contribution in [-0.2, 0) is 22.4 Å². The topological polar surface area (TPSA) is 75.6 Å². The lowest BCUT2D eigenvalue weighted by molar-refractivity contribution is -0.141. The summed E-state index contributed by atoms with van der Waals surface area (Å²) in [6.07, 6.45) is 0.281. The van der Waals surface area contributed by atoms with Crippen LogP contribution in [0, 0.1) is 0 Å². The molecule has 0 saturated carbocycles. The molecular weight excluding hydrogens is 342 g/mol. The molecule has 0 saturated heterocycles. The molecule has 0 bridgehead atoms. The zero-order chi connectivity index (χ0) is 19.2. The molecule has 138 valence electrons. The van der Waals surface area contributed by atoms with Gasteiger partial charge < -0.3 is 15.2 Å². The van der Waals surface area contributed by atoms with Crippen molar-refractivity contribution < 1.29 is 19.4 Å². The molecule has 0 radical (unpaired) electrons. The minimum atomic E-state index is -1.08. The fraction of sp³-hybridized carbons (Fsp3) is 0.182. The molecule has 3 aromatic rings. The highest BCUT2D eigenvalue weighted by atomic mass is 16.5. The molecule has 1 amide bonds. The zero-order valence-corrected chi connectivity index (χ0v) is 15.0.